The fraction of sp³-hybridized carbons (Fsp3) is 0.833. The van der Waals surface area contributed by atoms with Gasteiger partial charge >= 0.3 is 6.03 Å². The summed E-state index contributed by atoms with van der Waals surface area (Å²) < 4.78 is 5.27. The second-order valence-corrected chi connectivity index (χ2v) is 5.18. The van der Waals surface area contributed by atoms with Crippen LogP contribution in [-0.2, 0) is 9.53 Å². The van der Waals surface area contributed by atoms with Gasteiger partial charge in [0, 0.05) is 32.1 Å². The van der Waals surface area contributed by atoms with E-state index in [0.29, 0.717) is 39.3 Å². The number of rotatable bonds is 0. The standard InChI is InChI=1S/C12H19N3O3/c16-11-7-9-1-2-10(8-13-11)15(9)12(17)14-3-5-18-6-4-14/h9-10H,1-8H2,(H,13,16)/t9-,10+/m1/s1. The van der Waals surface area contributed by atoms with E-state index in [2.05, 4.69) is 5.32 Å². The maximum Gasteiger partial charge on any atom is 0.320 e. The fourth-order valence-electron chi connectivity index (χ4n) is 3.11. The van der Waals surface area contributed by atoms with Crippen molar-refractivity contribution in [2.24, 2.45) is 0 Å². The average molecular weight is 253 g/mol. The molecule has 3 rings (SSSR count). The SMILES string of the molecule is O=C1C[C@H]2CC[C@@H](CN1)N2C(=O)N1CCOCC1. The van der Waals surface area contributed by atoms with E-state index >= 15 is 0 Å². The average Bonchev–Trinajstić information content (AvgIpc) is 2.70. The number of carbonyl (C=O) groups excluding carboxylic acids is 2. The van der Waals surface area contributed by atoms with E-state index in [9.17, 15) is 9.59 Å². The molecule has 0 radical (unpaired) electrons. The van der Waals surface area contributed by atoms with Crippen LogP contribution in [0.2, 0.25) is 0 Å². The van der Waals surface area contributed by atoms with E-state index in [0.717, 1.165) is 12.8 Å². The number of nitrogens with zero attached hydrogens (tertiary/aromatic N) is 2. The van der Waals surface area contributed by atoms with Crippen molar-refractivity contribution in [2.75, 3.05) is 32.8 Å². The quantitative estimate of drug-likeness (QED) is 0.650. The molecular weight excluding hydrogens is 234 g/mol. The predicted octanol–water partition coefficient (Wildman–Crippen LogP) is -0.208. The minimum absolute atomic E-state index is 0.0713. The number of ether oxygens (including phenoxy) is 1. The lowest BCUT2D eigenvalue weighted by molar-refractivity contribution is -0.121. The minimum atomic E-state index is 0.0713. The Morgan fingerprint density at radius 3 is 2.72 bits per heavy atom. The molecule has 6 heteroatoms. The van der Waals surface area contributed by atoms with Gasteiger partial charge in [-0.2, -0.15) is 0 Å². The lowest BCUT2D eigenvalue weighted by Crippen LogP contribution is -2.52. The summed E-state index contributed by atoms with van der Waals surface area (Å²) in [6, 6.07) is 0.354. The second kappa shape index (κ2) is 4.76. The minimum Gasteiger partial charge on any atom is -0.378 e. The van der Waals surface area contributed by atoms with E-state index < -0.39 is 0 Å². The van der Waals surface area contributed by atoms with Crippen molar-refractivity contribution in [1.29, 1.82) is 0 Å². The zero-order valence-electron chi connectivity index (χ0n) is 10.4. The monoisotopic (exact) mass is 253 g/mol. The molecule has 3 amide bonds. The molecule has 0 saturated carbocycles. The number of morpholine rings is 1. The highest BCUT2D eigenvalue weighted by molar-refractivity contribution is 5.81. The molecule has 100 valence electrons. The van der Waals surface area contributed by atoms with Crippen LogP contribution in [0.5, 0.6) is 0 Å². The van der Waals surface area contributed by atoms with Gasteiger partial charge in [0.2, 0.25) is 5.91 Å². The molecule has 0 aromatic carbocycles. The van der Waals surface area contributed by atoms with E-state index in [1.807, 2.05) is 9.80 Å². The van der Waals surface area contributed by atoms with Gasteiger partial charge in [0.1, 0.15) is 0 Å². The highest BCUT2D eigenvalue weighted by Gasteiger charge is 2.41. The van der Waals surface area contributed by atoms with Gasteiger partial charge in [0.15, 0.2) is 0 Å². The third kappa shape index (κ3) is 2.05. The van der Waals surface area contributed by atoms with Crippen LogP contribution in [0.3, 0.4) is 0 Å². The Bertz CT molecular complexity index is 354. The van der Waals surface area contributed by atoms with E-state index in [1.165, 1.54) is 0 Å². The number of hydrogen-bond acceptors (Lipinski definition) is 3. The second-order valence-electron chi connectivity index (χ2n) is 5.18. The first kappa shape index (κ1) is 11.8. The Morgan fingerprint density at radius 2 is 1.94 bits per heavy atom. The highest BCUT2D eigenvalue weighted by Crippen LogP contribution is 2.29. The largest absolute Gasteiger partial charge is 0.378 e. The maximum atomic E-state index is 12.5. The van der Waals surface area contributed by atoms with Crippen molar-refractivity contribution in [3.8, 4) is 0 Å². The number of fused-ring (bicyclic) bond motifs is 2. The molecule has 2 bridgehead atoms. The lowest BCUT2D eigenvalue weighted by Gasteiger charge is -2.35. The number of carbonyl (C=O) groups is 2. The summed E-state index contributed by atoms with van der Waals surface area (Å²) in [5, 5.41) is 2.89. The van der Waals surface area contributed by atoms with Gasteiger partial charge in [-0.25, -0.2) is 4.79 Å². The molecule has 3 aliphatic heterocycles. The molecule has 0 unspecified atom stereocenters. The zero-order valence-corrected chi connectivity index (χ0v) is 10.4. The normalized spacial score (nSPS) is 32.1. The first-order chi connectivity index (χ1) is 8.75. The van der Waals surface area contributed by atoms with Crippen LogP contribution in [0, 0.1) is 0 Å². The first-order valence-corrected chi connectivity index (χ1v) is 6.67. The van der Waals surface area contributed by atoms with Gasteiger partial charge in [0.25, 0.3) is 0 Å². The van der Waals surface area contributed by atoms with Crippen LogP contribution >= 0.6 is 0 Å². The Kier molecular flexibility index (Phi) is 3.11. The van der Waals surface area contributed by atoms with E-state index in [4.69, 9.17) is 4.74 Å². The third-order valence-electron chi connectivity index (χ3n) is 4.08. The molecule has 3 saturated heterocycles. The van der Waals surface area contributed by atoms with E-state index in [-0.39, 0.29) is 24.0 Å². The topological polar surface area (TPSA) is 61.9 Å². The predicted molar refractivity (Wildman–Crippen MR) is 64.1 cm³/mol. The van der Waals surface area contributed by atoms with Crippen LogP contribution in [0.4, 0.5) is 4.79 Å². The van der Waals surface area contributed by atoms with Gasteiger partial charge in [-0.15, -0.1) is 0 Å². The smallest absolute Gasteiger partial charge is 0.320 e. The number of hydrogen-bond donors (Lipinski definition) is 1. The van der Waals surface area contributed by atoms with E-state index in [1.54, 1.807) is 0 Å². The van der Waals surface area contributed by atoms with Crippen LogP contribution < -0.4 is 5.32 Å². The van der Waals surface area contributed by atoms with Gasteiger partial charge in [-0.3, -0.25) is 4.79 Å². The fourth-order valence-corrected chi connectivity index (χ4v) is 3.11. The molecule has 0 aliphatic carbocycles. The summed E-state index contributed by atoms with van der Waals surface area (Å²) in [7, 11) is 0. The molecule has 3 fully saturated rings. The molecule has 1 N–H and O–H groups in total. The Hall–Kier alpha value is -1.30. The number of nitrogens with one attached hydrogen (secondary N) is 1. The van der Waals surface area contributed by atoms with Crippen molar-refractivity contribution in [2.45, 2.75) is 31.3 Å². The lowest BCUT2D eigenvalue weighted by atomic mass is 10.1. The highest BCUT2D eigenvalue weighted by atomic mass is 16.5. The van der Waals surface area contributed by atoms with Crippen molar-refractivity contribution in [3.63, 3.8) is 0 Å². The molecule has 2 atom stereocenters. The van der Waals surface area contributed by atoms with Crippen molar-refractivity contribution >= 4 is 11.9 Å². The summed E-state index contributed by atoms with van der Waals surface area (Å²) in [6.45, 7) is 3.16. The number of urea groups is 1. The van der Waals surface area contributed by atoms with Crippen molar-refractivity contribution < 1.29 is 14.3 Å². The molecule has 3 aliphatic rings. The third-order valence-corrected chi connectivity index (χ3v) is 4.08. The molecule has 18 heavy (non-hydrogen) atoms. The van der Waals surface area contributed by atoms with Gasteiger partial charge in [0.05, 0.1) is 19.3 Å². The summed E-state index contributed by atoms with van der Waals surface area (Å²) in [5.74, 6) is 0.0713. The van der Waals surface area contributed by atoms with Crippen molar-refractivity contribution in [3.05, 3.63) is 0 Å². The van der Waals surface area contributed by atoms with Crippen LogP contribution in [-0.4, -0.2) is 66.7 Å². The van der Waals surface area contributed by atoms with Crippen LogP contribution in [0.1, 0.15) is 19.3 Å². The maximum absolute atomic E-state index is 12.5. The Labute approximate surface area is 106 Å². The number of amides is 3. The molecule has 0 aromatic heterocycles. The zero-order chi connectivity index (χ0) is 12.5. The molecule has 0 spiro atoms. The van der Waals surface area contributed by atoms with Crippen LogP contribution in [0.25, 0.3) is 0 Å². The summed E-state index contributed by atoms with van der Waals surface area (Å²) in [5.41, 5.74) is 0. The summed E-state index contributed by atoms with van der Waals surface area (Å²) in [4.78, 5) is 27.9. The van der Waals surface area contributed by atoms with Gasteiger partial charge in [-0.05, 0) is 12.8 Å². The first-order valence-electron chi connectivity index (χ1n) is 6.67. The Balaban J connectivity index is 1.74. The van der Waals surface area contributed by atoms with Crippen LogP contribution in [0.15, 0.2) is 0 Å². The Morgan fingerprint density at radius 1 is 1.22 bits per heavy atom. The summed E-state index contributed by atoms with van der Waals surface area (Å²) in [6.07, 6.45) is 2.40. The molecule has 0 aromatic rings. The van der Waals surface area contributed by atoms with Gasteiger partial charge in [-0.1, -0.05) is 0 Å². The molecular formula is C12H19N3O3. The van der Waals surface area contributed by atoms with Gasteiger partial charge < -0.3 is 19.9 Å². The van der Waals surface area contributed by atoms with Crippen molar-refractivity contribution in [1.82, 2.24) is 15.1 Å². The molecule has 6 nitrogen and oxygen atoms in total. The summed E-state index contributed by atoms with van der Waals surface area (Å²) >= 11 is 0. The molecule has 3 heterocycles.